The van der Waals surface area contributed by atoms with Crippen molar-refractivity contribution in [2.45, 2.75) is 6.92 Å². The molecule has 0 saturated heterocycles. The van der Waals surface area contributed by atoms with Crippen LogP contribution in [0.15, 0.2) is 18.2 Å². The summed E-state index contributed by atoms with van der Waals surface area (Å²) in [7, 11) is 1.30. The van der Waals surface area contributed by atoms with E-state index in [0.717, 1.165) is 0 Å². The van der Waals surface area contributed by atoms with E-state index in [0.29, 0.717) is 6.54 Å². The van der Waals surface area contributed by atoms with E-state index in [1.807, 2.05) is 0 Å². The van der Waals surface area contributed by atoms with Gasteiger partial charge in [0.2, 0.25) is 5.75 Å². The van der Waals surface area contributed by atoms with Crippen LogP contribution in [0.1, 0.15) is 17.3 Å². The minimum atomic E-state index is -0.582. The molecule has 0 aliphatic heterocycles. The number of nitrogens with one attached hydrogen (secondary N) is 1. The highest BCUT2D eigenvalue weighted by Crippen LogP contribution is 2.30. The van der Waals surface area contributed by atoms with Crippen LogP contribution in [0.2, 0.25) is 0 Å². The first kappa shape index (κ1) is 12.0. The molecule has 1 N–H and O–H groups in total. The Bertz CT molecular complexity index is 417. The fourth-order valence-corrected chi connectivity index (χ4v) is 1.32. The summed E-state index contributed by atoms with van der Waals surface area (Å²) in [5, 5.41) is 13.3. The lowest BCUT2D eigenvalue weighted by Gasteiger charge is -2.07. The number of benzene rings is 1. The van der Waals surface area contributed by atoms with Crippen LogP contribution in [0.5, 0.6) is 5.75 Å². The fourth-order valence-electron chi connectivity index (χ4n) is 1.32. The lowest BCUT2D eigenvalue weighted by molar-refractivity contribution is -0.385. The third-order valence-corrected chi connectivity index (χ3v) is 1.98. The van der Waals surface area contributed by atoms with Gasteiger partial charge in [0.05, 0.1) is 17.6 Å². The minimum absolute atomic E-state index is 0.0153. The summed E-state index contributed by atoms with van der Waals surface area (Å²) in [6, 6.07) is 4.23. The summed E-state index contributed by atoms with van der Waals surface area (Å²) < 4.78 is 4.90. The molecule has 0 spiro atoms. The Morgan fingerprint density at radius 1 is 1.56 bits per heavy atom. The molecule has 0 aliphatic rings. The van der Waals surface area contributed by atoms with Gasteiger partial charge in [-0.2, -0.15) is 0 Å². The van der Waals surface area contributed by atoms with Crippen LogP contribution in [0.4, 0.5) is 5.69 Å². The van der Waals surface area contributed by atoms with Gasteiger partial charge in [-0.3, -0.25) is 14.9 Å². The maximum atomic E-state index is 11.6. The van der Waals surface area contributed by atoms with Crippen LogP contribution in [-0.2, 0) is 0 Å². The van der Waals surface area contributed by atoms with Crippen molar-refractivity contribution in [3.8, 4) is 5.75 Å². The van der Waals surface area contributed by atoms with Crippen LogP contribution < -0.4 is 10.1 Å². The molecule has 6 nitrogen and oxygen atoms in total. The second-order valence-corrected chi connectivity index (χ2v) is 2.97. The molecule has 0 aromatic heterocycles. The monoisotopic (exact) mass is 224 g/mol. The first-order valence-electron chi connectivity index (χ1n) is 4.71. The lowest BCUT2D eigenvalue weighted by atomic mass is 10.1. The van der Waals surface area contributed by atoms with Gasteiger partial charge in [-0.05, 0) is 13.0 Å². The molecular weight excluding hydrogens is 212 g/mol. The Kier molecular flexibility index (Phi) is 3.82. The first-order chi connectivity index (χ1) is 7.61. The van der Waals surface area contributed by atoms with Crippen molar-refractivity contribution in [1.82, 2.24) is 5.32 Å². The molecule has 0 radical (unpaired) electrons. The van der Waals surface area contributed by atoms with Crippen molar-refractivity contribution in [3.63, 3.8) is 0 Å². The number of rotatable bonds is 4. The Labute approximate surface area is 92.4 Å². The SMILES string of the molecule is CCNC(=O)c1cccc([N+](=O)[O-])c1OC. The van der Waals surface area contributed by atoms with Crippen molar-refractivity contribution in [2.75, 3.05) is 13.7 Å². The third kappa shape index (κ3) is 2.28. The number of methoxy groups -OCH3 is 1. The molecule has 0 saturated carbocycles. The molecule has 1 aromatic carbocycles. The fraction of sp³-hybridized carbons (Fsp3) is 0.300. The smallest absolute Gasteiger partial charge is 0.311 e. The molecule has 1 amide bonds. The molecule has 0 atom stereocenters. The van der Waals surface area contributed by atoms with E-state index in [-0.39, 0.29) is 22.9 Å². The molecule has 1 rings (SSSR count). The van der Waals surface area contributed by atoms with Gasteiger partial charge in [-0.15, -0.1) is 0 Å². The summed E-state index contributed by atoms with van der Waals surface area (Å²) in [6.45, 7) is 2.21. The lowest BCUT2D eigenvalue weighted by Crippen LogP contribution is -2.23. The van der Waals surface area contributed by atoms with E-state index in [9.17, 15) is 14.9 Å². The number of hydrogen-bond donors (Lipinski definition) is 1. The van der Waals surface area contributed by atoms with Crippen molar-refractivity contribution in [1.29, 1.82) is 0 Å². The van der Waals surface area contributed by atoms with Crippen molar-refractivity contribution in [2.24, 2.45) is 0 Å². The van der Waals surface area contributed by atoms with Gasteiger partial charge in [0.15, 0.2) is 0 Å². The molecule has 0 fully saturated rings. The zero-order valence-corrected chi connectivity index (χ0v) is 9.02. The minimum Gasteiger partial charge on any atom is -0.490 e. The van der Waals surface area contributed by atoms with Gasteiger partial charge in [-0.1, -0.05) is 6.07 Å². The number of nitrogens with zero attached hydrogens (tertiary/aromatic N) is 1. The Hall–Kier alpha value is -2.11. The average molecular weight is 224 g/mol. The van der Waals surface area contributed by atoms with Gasteiger partial charge in [-0.25, -0.2) is 0 Å². The number of nitro groups is 1. The predicted octanol–water partition coefficient (Wildman–Crippen LogP) is 1.35. The number of carbonyl (C=O) groups is 1. The highest BCUT2D eigenvalue weighted by Gasteiger charge is 2.21. The summed E-state index contributed by atoms with van der Waals surface area (Å²) >= 11 is 0. The van der Waals surface area contributed by atoms with Crippen LogP contribution in [0.25, 0.3) is 0 Å². The van der Waals surface area contributed by atoms with Crippen LogP contribution in [-0.4, -0.2) is 24.5 Å². The maximum absolute atomic E-state index is 11.6. The number of nitro benzene ring substituents is 1. The van der Waals surface area contributed by atoms with Gasteiger partial charge in [0.25, 0.3) is 5.91 Å². The summed E-state index contributed by atoms with van der Waals surface area (Å²) in [5.74, 6) is -0.401. The van der Waals surface area contributed by atoms with E-state index < -0.39 is 4.92 Å². The van der Waals surface area contributed by atoms with E-state index in [1.165, 1.54) is 25.3 Å². The molecule has 0 heterocycles. The average Bonchev–Trinajstić information content (AvgIpc) is 2.28. The third-order valence-electron chi connectivity index (χ3n) is 1.98. The van der Waals surface area contributed by atoms with Gasteiger partial charge < -0.3 is 10.1 Å². The largest absolute Gasteiger partial charge is 0.490 e. The zero-order chi connectivity index (χ0) is 12.1. The first-order valence-corrected chi connectivity index (χ1v) is 4.71. The van der Waals surface area contributed by atoms with Crippen molar-refractivity contribution >= 4 is 11.6 Å². The predicted molar refractivity (Wildman–Crippen MR) is 57.7 cm³/mol. The summed E-state index contributed by atoms with van der Waals surface area (Å²) in [4.78, 5) is 21.7. The molecule has 0 aliphatic carbocycles. The van der Waals surface area contributed by atoms with Crippen LogP contribution >= 0.6 is 0 Å². The molecule has 1 aromatic rings. The highest BCUT2D eigenvalue weighted by molar-refractivity contribution is 5.98. The molecule has 0 bridgehead atoms. The van der Waals surface area contributed by atoms with Crippen LogP contribution in [0.3, 0.4) is 0 Å². The highest BCUT2D eigenvalue weighted by atomic mass is 16.6. The molecule has 0 unspecified atom stereocenters. The molecule has 86 valence electrons. The molecular formula is C10H12N2O4. The van der Waals surface area contributed by atoms with E-state index in [4.69, 9.17) is 4.74 Å². The summed E-state index contributed by atoms with van der Waals surface area (Å²) in [6.07, 6.45) is 0. The van der Waals surface area contributed by atoms with E-state index in [1.54, 1.807) is 6.92 Å². The van der Waals surface area contributed by atoms with Gasteiger partial charge >= 0.3 is 5.69 Å². The normalized spacial score (nSPS) is 9.62. The Morgan fingerprint density at radius 3 is 2.75 bits per heavy atom. The zero-order valence-electron chi connectivity index (χ0n) is 9.02. The number of amides is 1. The Balaban J connectivity index is 3.24. The summed E-state index contributed by atoms with van der Waals surface area (Å²) in [5.41, 5.74) is -0.0511. The van der Waals surface area contributed by atoms with E-state index >= 15 is 0 Å². The van der Waals surface area contributed by atoms with Gasteiger partial charge in [0.1, 0.15) is 0 Å². The number of carbonyl (C=O) groups excluding carboxylic acids is 1. The molecule has 6 heteroatoms. The maximum Gasteiger partial charge on any atom is 0.311 e. The topological polar surface area (TPSA) is 81.5 Å². The van der Waals surface area contributed by atoms with Gasteiger partial charge in [0, 0.05) is 12.6 Å². The standard InChI is InChI=1S/C10H12N2O4/c1-3-11-10(13)7-5-4-6-8(12(14)15)9(7)16-2/h4-6H,3H2,1-2H3,(H,11,13). The number of ether oxygens (including phenoxy) is 1. The second-order valence-electron chi connectivity index (χ2n) is 2.97. The van der Waals surface area contributed by atoms with Crippen molar-refractivity contribution < 1.29 is 14.5 Å². The van der Waals surface area contributed by atoms with Crippen LogP contribution in [0, 0.1) is 10.1 Å². The quantitative estimate of drug-likeness (QED) is 0.618. The second kappa shape index (κ2) is 5.11. The van der Waals surface area contributed by atoms with Crippen molar-refractivity contribution in [3.05, 3.63) is 33.9 Å². The molecule has 16 heavy (non-hydrogen) atoms. The van der Waals surface area contributed by atoms with E-state index in [2.05, 4.69) is 5.32 Å². The Morgan fingerprint density at radius 2 is 2.25 bits per heavy atom. The number of hydrogen-bond acceptors (Lipinski definition) is 4. The number of para-hydroxylation sites is 1.